The number of anilines is 1. The summed E-state index contributed by atoms with van der Waals surface area (Å²) in [4.78, 5) is 11.8. The molecule has 0 aliphatic heterocycles. The van der Waals surface area contributed by atoms with Crippen molar-refractivity contribution in [2.24, 2.45) is 0 Å². The average Bonchev–Trinajstić information content (AvgIpc) is 2.73. The normalized spacial score (nSPS) is 11.1. The third-order valence-corrected chi connectivity index (χ3v) is 2.75. The van der Waals surface area contributed by atoms with Gasteiger partial charge in [-0.2, -0.15) is 0 Å². The van der Waals surface area contributed by atoms with E-state index in [1.807, 2.05) is 12.3 Å². The minimum absolute atomic E-state index is 0.580. The van der Waals surface area contributed by atoms with Gasteiger partial charge in [-0.15, -0.1) is 0 Å². The average molecular weight is 218 g/mol. The number of hydrogen-bond acceptors (Lipinski definition) is 3. The third kappa shape index (κ3) is 2.32. The standard InChI is InChI=1S/C12H18N4/c1-2-3-4-5-6-10-15-11(13)9-7-8-14-12(9)16-10/h7-8H,2-6H2,1H3,(H3,13,14,15,16). The van der Waals surface area contributed by atoms with Crippen LogP contribution < -0.4 is 5.73 Å². The van der Waals surface area contributed by atoms with Gasteiger partial charge in [0.05, 0.1) is 5.39 Å². The van der Waals surface area contributed by atoms with E-state index in [0.717, 1.165) is 29.7 Å². The van der Waals surface area contributed by atoms with Gasteiger partial charge in [0.15, 0.2) is 0 Å². The van der Waals surface area contributed by atoms with Crippen LogP contribution in [0.5, 0.6) is 0 Å². The number of aromatic nitrogens is 3. The number of nitrogens with two attached hydrogens (primary N) is 1. The van der Waals surface area contributed by atoms with Gasteiger partial charge in [0.2, 0.25) is 0 Å². The van der Waals surface area contributed by atoms with Crippen LogP contribution >= 0.6 is 0 Å². The van der Waals surface area contributed by atoms with Crippen molar-refractivity contribution in [3.63, 3.8) is 0 Å². The van der Waals surface area contributed by atoms with Gasteiger partial charge in [-0.25, -0.2) is 9.97 Å². The van der Waals surface area contributed by atoms with Gasteiger partial charge in [0.25, 0.3) is 0 Å². The summed E-state index contributed by atoms with van der Waals surface area (Å²) in [5.74, 6) is 1.43. The second-order valence-corrected chi connectivity index (χ2v) is 4.08. The molecule has 86 valence electrons. The van der Waals surface area contributed by atoms with Gasteiger partial charge >= 0.3 is 0 Å². The van der Waals surface area contributed by atoms with Gasteiger partial charge < -0.3 is 10.7 Å². The number of nitrogen functional groups attached to an aromatic ring is 1. The highest BCUT2D eigenvalue weighted by Crippen LogP contribution is 2.16. The zero-order valence-electron chi connectivity index (χ0n) is 9.66. The summed E-state index contributed by atoms with van der Waals surface area (Å²) in [6, 6.07) is 1.91. The molecule has 2 aromatic heterocycles. The maximum Gasteiger partial charge on any atom is 0.143 e. The molecule has 2 aromatic rings. The first-order chi connectivity index (χ1) is 7.81. The number of aromatic amines is 1. The Morgan fingerprint density at radius 2 is 2.12 bits per heavy atom. The molecule has 0 saturated carbocycles. The molecule has 2 heterocycles. The molecule has 0 saturated heterocycles. The molecule has 0 aliphatic carbocycles. The van der Waals surface area contributed by atoms with E-state index in [-0.39, 0.29) is 0 Å². The number of nitrogens with one attached hydrogen (secondary N) is 1. The van der Waals surface area contributed by atoms with E-state index >= 15 is 0 Å². The Hall–Kier alpha value is -1.58. The van der Waals surface area contributed by atoms with Gasteiger partial charge in [-0.3, -0.25) is 0 Å². The zero-order valence-corrected chi connectivity index (χ0v) is 9.66. The van der Waals surface area contributed by atoms with Crippen molar-refractivity contribution >= 4 is 16.9 Å². The van der Waals surface area contributed by atoms with Crippen molar-refractivity contribution in [3.05, 3.63) is 18.1 Å². The van der Waals surface area contributed by atoms with E-state index in [4.69, 9.17) is 5.73 Å². The molecule has 0 spiro atoms. The lowest BCUT2D eigenvalue weighted by Gasteiger charge is -2.02. The summed E-state index contributed by atoms with van der Waals surface area (Å²) in [7, 11) is 0. The van der Waals surface area contributed by atoms with E-state index in [2.05, 4.69) is 21.9 Å². The molecular weight excluding hydrogens is 200 g/mol. The number of unbranched alkanes of at least 4 members (excludes halogenated alkanes) is 3. The van der Waals surface area contributed by atoms with Crippen molar-refractivity contribution < 1.29 is 0 Å². The van der Waals surface area contributed by atoms with Gasteiger partial charge in [-0.05, 0) is 12.5 Å². The molecule has 4 nitrogen and oxygen atoms in total. The van der Waals surface area contributed by atoms with Crippen molar-refractivity contribution in [3.8, 4) is 0 Å². The lowest BCUT2D eigenvalue weighted by atomic mass is 10.1. The molecular formula is C12H18N4. The number of H-pyrrole nitrogens is 1. The SMILES string of the molecule is CCCCCCc1nc(N)c2cc[nH]c2n1. The van der Waals surface area contributed by atoms with Crippen LogP contribution in [-0.4, -0.2) is 15.0 Å². The van der Waals surface area contributed by atoms with Crippen LogP contribution in [-0.2, 0) is 6.42 Å². The summed E-state index contributed by atoms with van der Waals surface area (Å²) >= 11 is 0. The smallest absolute Gasteiger partial charge is 0.143 e. The summed E-state index contributed by atoms with van der Waals surface area (Å²) in [5, 5.41) is 0.914. The fourth-order valence-electron chi connectivity index (χ4n) is 1.83. The Morgan fingerprint density at radius 3 is 2.94 bits per heavy atom. The fourth-order valence-corrected chi connectivity index (χ4v) is 1.83. The number of fused-ring (bicyclic) bond motifs is 1. The molecule has 4 heteroatoms. The van der Waals surface area contributed by atoms with Crippen LogP contribution in [0.3, 0.4) is 0 Å². The molecule has 0 radical (unpaired) electrons. The Morgan fingerprint density at radius 1 is 1.25 bits per heavy atom. The predicted molar refractivity (Wildman–Crippen MR) is 66.1 cm³/mol. The highest BCUT2D eigenvalue weighted by atomic mass is 15.0. The Labute approximate surface area is 95.3 Å². The lowest BCUT2D eigenvalue weighted by Crippen LogP contribution is -2.00. The molecule has 0 aromatic carbocycles. The van der Waals surface area contributed by atoms with Crippen LogP contribution in [0.1, 0.15) is 38.4 Å². The maximum atomic E-state index is 5.86. The minimum Gasteiger partial charge on any atom is -0.383 e. The topological polar surface area (TPSA) is 67.6 Å². The maximum absolute atomic E-state index is 5.86. The van der Waals surface area contributed by atoms with Gasteiger partial charge in [-0.1, -0.05) is 26.2 Å². The van der Waals surface area contributed by atoms with Crippen molar-refractivity contribution in [1.29, 1.82) is 0 Å². The van der Waals surface area contributed by atoms with Crippen molar-refractivity contribution in [2.75, 3.05) is 5.73 Å². The van der Waals surface area contributed by atoms with E-state index in [1.165, 1.54) is 19.3 Å². The lowest BCUT2D eigenvalue weighted by molar-refractivity contribution is 0.654. The fraction of sp³-hybridized carbons (Fsp3) is 0.500. The highest BCUT2D eigenvalue weighted by Gasteiger charge is 2.05. The second kappa shape index (κ2) is 4.96. The van der Waals surface area contributed by atoms with E-state index in [0.29, 0.717) is 5.82 Å². The van der Waals surface area contributed by atoms with Crippen LogP contribution in [0.2, 0.25) is 0 Å². The molecule has 0 bridgehead atoms. The molecule has 0 atom stereocenters. The molecule has 0 amide bonds. The van der Waals surface area contributed by atoms with E-state index in [1.54, 1.807) is 0 Å². The molecule has 3 N–H and O–H groups in total. The van der Waals surface area contributed by atoms with Crippen molar-refractivity contribution in [1.82, 2.24) is 15.0 Å². The first kappa shape index (κ1) is 10.9. The van der Waals surface area contributed by atoms with Crippen LogP contribution in [0.25, 0.3) is 11.0 Å². The largest absolute Gasteiger partial charge is 0.383 e. The van der Waals surface area contributed by atoms with E-state index < -0.39 is 0 Å². The van der Waals surface area contributed by atoms with Crippen LogP contribution in [0.4, 0.5) is 5.82 Å². The van der Waals surface area contributed by atoms with Crippen LogP contribution in [0, 0.1) is 0 Å². The Balaban J connectivity index is 2.06. The predicted octanol–water partition coefficient (Wildman–Crippen LogP) is 2.66. The second-order valence-electron chi connectivity index (χ2n) is 4.08. The molecule has 0 fully saturated rings. The van der Waals surface area contributed by atoms with Gasteiger partial charge in [0.1, 0.15) is 17.3 Å². The summed E-state index contributed by atoms with van der Waals surface area (Å²) < 4.78 is 0. The van der Waals surface area contributed by atoms with Crippen molar-refractivity contribution in [2.45, 2.75) is 39.0 Å². The van der Waals surface area contributed by atoms with Gasteiger partial charge in [0, 0.05) is 12.6 Å². The quantitative estimate of drug-likeness (QED) is 0.758. The number of nitrogens with zero attached hydrogens (tertiary/aromatic N) is 2. The zero-order chi connectivity index (χ0) is 11.4. The number of hydrogen-bond donors (Lipinski definition) is 2. The molecule has 0 aliphatic rings. The summed E-state index contributed by atoms with van der Waals surface area (Å²) in [5.41, 5.74) is 6.71. The Kier molecular flexibility index (Phi) is 3.39. The molecule has 16 heavy (non-hydrogen) atoms. The first-order valence-electron chi connectivity index (χ1n) is 5.90. The number of rotatable bonds is 5. The summed E-state index contributed by atoms with van der Waals surface area (Å²) in [6.45, 7) is 2.21. The monoisotopic (exact) mass is 218 g/mol. The number of aryl methyl sites for hydroxylation is 1. The molecule has 2 rings (SSSR count). The molecule has 0 unspecified atom stereocenters. The summed E-state index contributed by atoms with van der Waals surface area (Å²) in [6.07, 6.45) is 7.66. The van der Waals surface area contributed by atoms with Crippen LogP contribution in [0.15, 0.2) is 12.3 Å². The van der Waals surface area contributed by atoms with E-state index in [9.17, 15) is 0 Å². The first-order valence-corrected chi connectivity index (χ1v) is 5.90. The third-order valence-electron chi connectivity index (χ3n) is 2.75. The Bertz CT molecular complexity index is 461. The minimum atomic E-state index is 0.580. The highest BCUT2D eigenvalue weighted by molar-refractivity contribution is 5.85.